The average Bonchev–Trinajstić information content (AvgIpc) is 2.76. The van der Waals surface area contributed by atoms with Crippen LogP contribution < -0.4 is 5.43 Å². The molecular weight excluding hydrogens is 204 g/mol. The van der Waals surface area contributed by atoms with Gasteiger partial charge in [-0.2, -0.15) is 5.10 Å². The SMILES string of the molecule is CC1CCCC(C)N1NC(=O)c1cn[nH]c1. The molecule has 2 unspecified atom stereocenters. The molecule has 1 amide bonds. The second-order valence-electron chi connectivity index (χ2n) is 4.46. The van der Waals surface area contributed by atoms with Crippen molar-refractivity contribution in [1.82, 2.24) is 20.6 Å². The van der Waals surface area contributed by atoms with E-state index < -0.39 is 0 Å². The molecule has 2 heterocycles. The summed E-state index contributed by atoms with van der Waals surface area (Å²) in [6.45, 7) is 4.29. The molecule has 0 radical (unpaired) electrons. The van der Waals surface area contributed by atoms with E-state index in [0.29, 0.717) is 17.6 Å². The predicted molar refractivity (Wildman–Crippen MR) is 60.7 cm³/mol. The number of nitrogens with one attached hydrogen (secondary N) is 2. The quantitative estimate of drug-likeness (QED) is 0.793. The summed E-state index contributed by atoms with van der Waals surface area (Å²) in [5, 5.41) is 8.47. The lowest BCUT2D eigenvalue weighted by Gasteiger charge is -2.38. The lowest BCUT2D eigenvalue weighted by atomic mass is 10.00. The van der Waals surface area contributed by atoms with Gasteiger partial charge in [0.25, 0.3) is 5.91 Å². The van der Waals surface area contributed by atoms with Crippen molar-refractivity contribution in [3.8, 4) is 0 Å². The maximum atomic E-state index is 11.9. The van der Waals surface area contributed by atoms with Gasteiger partial charge in [0.2, 0.25) is 0 Å². The van der Waals surface area contributed by atoms with Crippen molar-refractivity contribution >= 4 is 5.91 Å². The summed E-state index contributed by atoms with van der Waals surface area (Å²) >= 11 is 0. The minimum absolute atomic E-state index is 0.0886. The molecule has 1 fully saturated rings. The fourth-order valence-electron chi connectivity index (χ4n) is 2.20. The van der Waals surface area contributed by atoms with Crippen LogP contribution in [0.15, 0.2) is 12.4 Å². The van der Waals surface area contributed by atoms with Crippen molar-refractivity contribution in [1.29, 1.82) is 0 Å². The predicted octanol–water partition coefficient (Wildman–Crippen LogP) is 1.32. The van der Waals surface area contributed by atoms with Gasteiger partial charge < -0.3 is 0 Å². The molecule has 2 rings (SSSR count). The van der Waals surface area contributed by atoms with Gasteiger partial charge in [-0.25, -0.2) is 5.01 Å². The standard InChI is InChI=1S/C11H18N4O/c1-8-4-3-5-9(2)15(8)14-11(16)10-6-12-13-7-10/h6-9H,3-5H2,1-2H3,(H,12,13)(H,14,16). The average molecular weight is 222 g/mol. The number of aromatic amines is 1. The van der Waals surface area contributed by atoms with Crippen molar-refractivity contribution in [2.24, 2.45) is 0 Å². The van der Waals surface area contributed by atoms with Gasteiger partial charge in [0, 0.05) is 18.3 Å². The molecule has 0 aromatic carbocycles. The van der Waals surface area contributed by atoms with E-state index in [1.807, 2.05) is 0 Å². The summed E-state index contributed by atoms with van der Waals surface area (Å²) < 4.78 is 0. The first-order valence-electron chi connectivity index (χ1n) is 5.76. The highest BCUT2D eigenvalue weighted by atomic mass is 16.2. The Bertz CT molecular complexity index is 339. The van der Waals surface area contributed by atoms with Gasteiger partial charge >= 0.3 is 0 Å². The van der Waals surface area contributed by atoms with Gasteiger partial charge in [-0.1, -0.05) is 6.42 Å². The minimum Gasteiger partial charge on any atom is -0.285 e. The van der Waals surface area contributed by atoms with E-state index in [-0.39, 0.29) is 5.91 Å². The summed E-state index contributed by atoms with van der Waals surface area (Å²) in [4.78, 5) is 11.9. The molecule has 0 saturated carbocycles. The van der Waals surface area contributed by atoms with Crippen molar-refractivity contribution < 1.29 is 4.79 Å². The largest absolute Gasteiger partial charge is 0.285 e. The van der Waals surface area contributed by atoms with Crippen molar-refractivity contribution in [3.63, 3.8) is 0 Å². The molecule has 1 aromatic heterocycles. The topological polar surface area (TPSA) is 61.0 Å². The van der Waals surface area contributed by atoms with Crippen LogP contribution in [0.25, 0.3) is 0 Å². The first-order valence-corrected chi connectivity index (χ1v) is 5.76. The fraction of sp³-hybridized carbons (Fsp3) is 0.636. The Morgan fingerprint density at radius 2 is 2.19 bits per heavy atom. The number of nitrogens with zero attached hydrogens (tertiary/aromatic N) is 2. The van der Waals surface area contributed by atoms with Gasteiger partial charge in [-0.15, -0.1) is 0 Å². The number of rotatable bonds is 2. The molecule has 1 aliphatic rings. The minimum atomic E-state index is -0.0886. The fourth-order valence-corrected chi connectivity index (χ4v) is 2.20. The molecule has 16 heavy (non-hydrogen) atoms. The van der Waals surface area contributed by atoms with Crippen LogP contribution in [0.5, 0.6) is 0 Å². The van der Waals surface area contributed by atoms with Crippen LogP contribution in [0.1, 0.15) is 43.5 Å². The molecule has 2 N–H and O–H groups in total. The van der Waals surface area contributed by atoms with Crippen LogP contribution in [-0.2, 0) is 0 Å². The zero-order chi connectivity index (χ0) is 11.5. The van der Waals surface area contributed by atoms with E-state index in [9.17, 15) is 4.79 Å². The van der Waals surface area contributed by atoms with Crippen LogP contribution >= 0.6 is 0 Å². The Kier molecular flexibility index (Phi) is 3.24. The molecule has 1 saturated heterocycles. The first-order chi connectivity index (χ1) is 7.68. The number of amides is 1. The number of H-pyrrole nitrogens is 1. The summed E-state index contributed by atoms with van der Waals surface area (Å²) in [5.74, 6) is -0.0886. The molecule has 5 heteroatoms. The molecule has 2 atom stereocenters. The number of aromatic nitrogens is 2. The van der Waals surface area contributed by atoms with E-state index in [1.54, 1.807) is 6.20 Å². The summed E-state index contributed by atoms with van der Waals surface area (Å²) in [6.07, 6.45) is 6.65. The normalized spacial score (nSPS) is 26.6. The molecule has 1 aromatic rings. The lowest BCUT2D eigenvalue weighted by molar-refractivity contribution is 0.0370. The highest BCUT2D eigenvalue weighted by Gasteiger charge is 2.26. The van der Waals surface area contributed by atoms with Crippen LogP contribution in [0.2, 0.25) is 0 Å². The van der Waals surface area contributed by atoms with Crippen LogP contribution in [0, 0.1) is 0 Å². The molecule has 5 nitrogen and oxygen atoms in total. The Balaban J connectivity index is 2.00. The van der Waals surface area contributed by atoms with E-state index >= 15 is 0 Å². The Morgan fingerprint density at radius 3 is 2.75 bits per heavy atom. The first kappa shape index (κ1) is 11.1. The van der Waals surface area contributed by atoms with Gasteiger partial charge in [0.1, 0.15) is 0 Å². The van der Waals surface area contributed by atoms with Crippen molar-refractivity contribution in [2.75, 3.05) is 0 Å². The highest BCUT2D eigenvalue weighted by molar-refractivity contribution is 5.93. The molecule has 88 valence electrons. The third-order valence-corrected chi connectivity index (χ3v) is 3.18. The highest BCUT2D eigenvalue weighted by Crippen LogP contribution is 2.20. The van der Waals surface area contributed by atoms with Gasteiger partial charge in [0.15, 0.2) is 0 Å². The maximum absolute atomic E-state index is 11.9. The zero-order valence-corrected chi connectivity index (χ0v) is 9.73. The zero-order valence-electron chi connectivity index (χ0n) is 9.73. The number of piperidine rings is 1. The Morgan fingerprint density at radius 1 is 1.50 bits per heavy atom. The molecule has 0 bridgehead atoms. The second-order valence-corrected chi connectivity index (χ2v) is 4.46. The van der Waals surface area contributed by atoms with Crippen LogP contribution in [0.4, 0.5) is 0 Å². The third-order valence-electron chi connectivity index (χ3n) is 3.18. The smallest absolute Gasteiger partial charge is 0.268 e. The van der Waals surface area contributed by atoms with E-state index in [2.05, 4.69) is 34.5 Å². The number of hydrazine groups is 1. The Hall–Kier alpha value is -1.36. The van der Waals surface area contributed by atoms with Crippen LogP contribution in [-0.4, -0.2) is 33.2 Å². The van der Waals surface area contributed by atoms with Gasteiger partial charge in [-0.3, -0.25) is 15.3 Å². The molecular formula is C11H18N4O. The van der Waals surface area contributed by atoms with Gasteiger partial charge in [-0.05, 0) is 26.7 Å². The molecule has 1 aliphatic heterocycles. The maximum Gasteiger partial charge on any atom is 0.268 e. The van der Waals surface area contributed by atoms with E-state index in [1.165, 1.54) is 12.6 Å². The number of carbonyl (C=O) groups is 1. The summed E-state index contributed by atoms with van der Waals surface area (Å²) in [6, 6.07) is 0.805. The molecule has 0 spiro atoms. The summed E-state index contributed by atoms with van der Waals surface area (Å²) in [7, 11) is 0. The van der Waals surface area contributed by atoms with E-state index in [4.69, 9.17) is 0 Å². The number of hydrogen-bond acceptors (Lipinski definition) is 3. The summed E-state index contributed by atoms with van der Waals surface area (Å²) in [5.41, 5.74) is 3.53. The second kappa shape index (κ2) is 4.65. The number of hydrogen-bond donors (Lipinski definition) is 2. The number of carbonyl (C=O) groups excluding carboxylic acids is 1. The monoisotopic (exact) mass is 222 g/mol. The van der Waals surface area contributed by atoms with Crippen LogP contribution in [0.3, 0.4) is 0 Å². The lowest BCUT2D eigenvalue weighted by Crippen LogP contribution is -2.54. The van der Waals surface area contributed by atoms with Crippen molar-refractivity contribution in [2.45, 2.75) is 45.2 Å². The van der Waals surface area contributed by atoms with E-state index in [0.717, 1.165) is 12.8 Å². The third kappa shape index (κ3) is 2.24. The van der Waals surface area contributed by atoms with Crippen molar-refractivity contribution in [3.05, 3.63) is 18.0 Å². The Labute approximate surface area is 95.2 Å². The van der Waals surface area contributed by atoms with Gasteiger partial charge in [0.05, 0.1) is 11.8 Å². The molecule has 0 aliphatic carbocycles.